The molecule has 0 aliphatic rings. The van der Waals surface area contributed by atoms with Crippen LogP contribution in [0.2, 0.25) is 5.02 Å². The summed E-state index contributed by atoms with van der Waals surface area (Å²) in [5.74, 6) is 0.572. The molecule has 0 aliphatic heterocycles. The Hall–Kier alpha value is -4.53. The van der Waals surface area contributed by atoms with Crippen LogP contribution in [0.3, 0.4) is 0 Å². The van der Waals surface area contributed by atoms with Crippen LogP contribution >= 0.6 is 11.6 Å². The molecule has 0 aliphatic carbocycles. The molecule has 184 valence electrons. The predicted octanol–water partition coefficient (Wildman–Crippen LogP) is 7.35. The third kappa shape index (κ3) is 6.19. The van der Waals surface area contributed by atoms with Gasteiger partial charge in [-0.15, -0.1) is 6.58 Å². The zero-order valence-electron chi connectivity index (χ0n) is 20.3. The van der Waals surface area contributed by atoms with Gasteiger partial charge in [-0.3, -0.25) is 4.79 Å². The number of hydrogen-bond acceptors (Lipinski definition) is 4. The fraction of sp³-hybridized carbons (Fsp3) is 0.0968. The maximum absolute atomic E-state index is 12.7. The Bertz CT molecular complexity index is 1510. The van der Waals surface area contributed by atoms with E-state index in [9.17, 15) is 10.1 Å². The molecule has 1 N–H and O–H groups in total. The highest BCUT2D eigenvalue weighted by atomic mass is 35.5. The molecule has 4 aromatic rings. The first-order chi connectivity index (χ1) is 18.0. The monoisotopic (exact) mass is 508 g/mol. The highest BCUT2D eigenvalue weighted by Crippen LogP contribution is 2.35. The van der Waals surface area contributed by atoms with Crippen molar-refractivity contribution < 1.29 is 14.3 Å². The molecule has 0 spiro atoms. The Morgan fingerprint density at radius 2 is 1.81 bits per heavy atom. The van der Waals surface area contributed by atoms with Gasteiger partial charge in [0.05, 0.1) is 7.11 Å². The van der Waals surface area contributed by atoms with Gasteiger partial charge in [0.25, 0.3) is 5.91 Å². The van der Waals surface area contributed by atoms with E-state index in [2.05, 4.69) is 30.1 Å². The molecule has 0 saturated carbocycles. The average Bonchev–Trinajstić information content (AvgIpc) is 2.92. The number of nitrogens with zero attached hydrogens (tertiary/aromatic N) is 1. The van der Waals surface area contributed by atoms with Crippen molar-refractivity contribution in [2.24, 2.45) is 0 Å². The van der Waals surface area contributed by atoms with Crippen molar-refractivity contribution in [1.29, 1.82) is 5.26 Å². The summed E-state index contributed by atoms with van der Waals surface area (Å²) in [6.07, 6.45) is 3.81. The molecule has 6 heteroatoms. The van der Waals surface area contributed by atoms with E-state index in [1.165, 1.54) is 6.08 Å². The molecular weight excluding hydrogens is 484 g/mol. The number of ether oxygens (including phenoxy) is 2. The van der Waals surface area contributed by atoms with Gasteiger partial charge in [-0.25, -0.2) is 0 Å². The van der Waals surface area contributed by atoms with Crippen molar-refractivity contribution in [3.63, 3.8) is 0 Å². The third-order valence-corrected chi connectivity index (χ3v) is 6.02. The van der Waals surface area contributed by atoms with Crippen molar-refractivity contribution in [3.05, 3.63) is 119 Å². The number of carbonyl (C=O) groups is 1. The van der Waals surface area contributed by atoms with E-state index in [4.69, 9.17) is 21.1 Å². The van der Waals surface area contributed by atoms with E-state index in [0.717, 1.165) is 21.9 Å². The number of hydrogen-bond donors (Lipinski definition) is 1. The lowest BCUT2D eigenvalue weighted by Crippen LogP contribution is -2.13. The van der Waals surface area contributed by atoms with Gasteiger partial charge in [0, 0.05) is 16.3 Å². The van der Waals surface area contributed by atoms with E-state index in [1.54, 1.807) is 43.5 Å². The van der Waals surface area contributed by atoms with Crippen molar-refractivity contribution >= 4 is 40.0 Å². The second-order valence-electron chi connectivity index (χ2n) is 8.26. The number of fused-ring (bicyclic) bond motifs is 1. The van der Waals surface area contributed by atoms with Gasteiger partial charge < -0.3 is 14.8 Å². The number of carbonyl (C=O) groups excluding carboxylic acids is 1. The number of halogens is 1. The summed E-state index contributed by atoms with van der Waals surface area (Å²) < 4.78 is 11.9. The number of nitrogens with one attached hydrogen (secondary N) is 1. The Labute approximate surface area is 221 Å². The van der Waals surface area contributed by atoms with E-state index in [1.807, 2.05) is 36.4 Å². The minimum absolute atomic E-state index is 0.0500. The number of allylic oxidation sites excluding steroid dienone is 1. The van der Waals surface area contributed by atoms with E-state index in [-0.39, 0.29) is 5.57 Å². The summed E-state index contributed by atoms with van der Waals surface area (Å²) in [5.41, 5.74) is 3.01. The van der Waals surface area contributed by atoms with Gasteiger partial charge >= 0.3 is 0 Å². The van der Waals surface area contributed by atoms with Gasteiger partial charge in [0.15, 0.2) is 11.5 Å². The van der Waals surface area contributed by atoms with Crippen LogP contribution in [0, 0.1) is 11.3 Å². The molecule has 0 fully saturated rings. The molecule has 4 aromatic carbocycles. The smallest absolute Gasteiger partial charge is 0.266 e. The van der Waals surface area contributed by atoms with Crippen LogP contribution in [0.1, 0.15) is 16.7 Å². The topological polar surface area (TPSA) is 71.4 Å². The van der Waals surface area contributed by atoms with Crippen LogP contribution in [0.15, 0.2) is 97.1 Å². The van der Waals surface area contributed by atoms with Gasteiger partial charge in [0.2, 0.25) is 0 Å². The first-order valence-corrected chi connectivity index (χ1v) is 12.0. The molecule has 4 rings (SSSR count). The van der Waals surface area contributed by atoms with E-state index < -0.39 is 5.91 Å². The molecule has 5 nitrogen and oxygen atoms in total. The molecule has 0 heterocycles. The lowest BCUT2D eigenvalue weighted by atomic mass is 10.0. The van der Waals surface area contributed by atoms with Crippen LogP contribution in [0.4, 0.5) is 5.69 Å². The quantitative estimate of drug-likeness (QED) is 0.146. The Balaban J connectivity index is 1.63. The fourth-order valence-electron chi connectivity index (χ4n) is 4.00. The normalized spacial score (nSPS) is 11.0. The van der Waals surface area contributed by atoms with Crippen molar-refractivity contribution in [2.75, 3.05) is 12.4 Å². The molecule has 0 aromatic heterocycles. The molecular formula is C31H25ClN2O3. The Kier molecular flexibility index (Phi) is 8.25. The lowest BCUT2D eigenvalue weighted by Gasteiger charge is -2.17. The van der Waals surface area contributed by atoms with Gasteiger partial charge in [-0.05, 0) is 70.8 Å². The maximum Gasteiger partial charge on any atom is 0.266 e. The van der Waals surface area contributed by atoms with Crippen LogP contribution in [-0.2, 0) is 17.8 Å². The molecule has 37 heavy (non-hydrogen) atoms. The summed E-state index contributed by atoms with van der Waals surface area (Å²) in [6, 6.07) is 26.5. The number of anilines is 1. The summed E-state index contributed by atoms with van der Waals surface area (Å²) >= 11 is 5.90. The second kappa shape index (κ2) is 11.9. The van der Waals surface area contributed by atoms with Crippen LogP contribution in [-0.4, -0.2) is 13.0 Å². The summed E-state index contributed by atoms with van der Waals surface area (Å²) in [7, 11) is 1.56. The molecule has 0 saturated heterocycles. The van der Waals surface area contributed by atoms with Crippen LogP contribution < -0.4 is 14.8 Å². The number of amides is 1. The number of rotatable bonds is 9. The average molecular weight is 509 g/mol. The molecule has 0 bridgehead atoms. The van der Waals surface area contributed by atoms with Gasteiger partial charge in [0.1, 0.15) is 18.2 Å². The van der Waals surface area contributed by atoms with Crippen LogP contribution in [0.5, 0.6) is 11.5 Å². The second-order valence-corrected chi connectivity index (χ2v) is 8.70. The number of benzene rings is 4. The van der Waals surface area contributed by atoms with Crippen molar-refractivity contribution in [3.8, 4) is 17.6 Å². The van der Waals surface area contributed by atoms with Gasteiger partial charge in [-0.2, -0.15) is 5.26 Å². The maximum atomic E-state index is 12.7. The Morgan fingerprint density at radius 1 is 1.05 bits per heavy atom. The first-order valence-electron chi connectivity index (χ1n) is 11.6. The summed E-state index contributed by atoms with van der Waals surface area (Å²) in [6.45, 7) is 4.21. The minimum atomic E-state index is -0.523. The number of methoxy groups -OCH3 is 1. The zero-order valence-corrected chi connectivity index (χ0v) is 21.1. The van der Waals surface area contributed by atoms with E-state index >= 15 is 0 Å². The fourth-order valence-corrected chi connectivity index (χ4v) is 4.13. The third-order valence-electron chi connectivity index (χ3n) is 5.77. The SMILES string of the molecule is C=CCc1cc(/C=C(\C#N)C(=O)Nc2ccc(Cl)cc2)cc(OC)c1OCc1cccc2ccccc12. The van der Waals surface area contributed by atoms with Crippen molar-refractivity contribution in [1.82, 2.24) is 0 Å². The highest BCUT2D eigenvalue weighted by Gasteiger charge is 2.15. The lowest BCUT2D eigenvalue weighted by molar-refractivity contribution is -0.112. The predicted molar refractivity (Wildman–Crippen MR) is 149 cm³/mol. The number of nitriles is 1. The highest BCUT2D eigenvalue weighted by molar-refractivity contribution is 6.30. The Morgan fingerprint density at radius 3 is 2.54 bits per heavy atom. The largest absolute Gasteiger partial charge is 0.493 e. The van der Waals surface area contributed by atoms with Crippen molar-refractivity contribution in [2.45, 2.75) is 13.0 Å². The van der Waals surface area contributed by atoms with E-state index in [0.29, 0.717) is 40.8 Å². The molecule has 0 atom stereocenters. The standard InChI is InChI=1S/C31H25ClN2O3/c1-3-7-23-16-21(17-25(19-33)31(35)34-27-14-12-26(32)13-15-27)18-29(36-2)30(23)37-20-24-10-6-9-22-8-4-5-11-28(22)24/h3-6,8-18H,1,7,20H2,2H3,(H,34,35)/b25-17+. The minimum Gasteiger partial charge on any atom is -0.493 e. The zero-order chi connectivity index (χ0) is 26.2. The molecule has 1 amide bonds. The first kappa shape index (κ1) is 25.6. The summed E-state index contributed by atoms with van der Waals surface area (Å²) in [4.78, 5) is 12.7. The molecule has 0 unspecified atom stereocenters. The van der Waals surface area contributed by atoms with Gasteiger partial charge in [-0.1, -0.05) is 60.1 Å². The molecule has 0 radical (unpaired) electrons. The summed E-state index contributed by atoms with van der Waals surface area (Å²) in [5, 5.41) is 15.2. The van der Waals surface area contributed by atoms with Crippen LogP contribution in [0.25, 0.3) is 16.8 Å².